The number of sulfone groups is 1. The number of phenols is 1. The van der Waals surface area contributed by atoms with Gasteiger partial charge in [0.1, 0.15) is 23.3 Å². The molecule has 2 aromatic carbocycles. The third-order valence-electron chi connectivity index (χ3n) is 6.64. The smallest absolute Gasteiger partial charge is 0.266 e. The van der Waals surface area contributed by atoms with Gasteiger partial charge >= 0.3 is 0 Å². The number of fused-ring (bicyclic) bond motifs is 1. The van der Waals surface area contributed by atoms with E-state index in [1.165, 1.54) is 81.2 Å². The lowest BCUT2D eigenvalue weighted by atomic mass is 10.1. The summed E-state index contributed by atoms with van der Waals surface area (Å²) in [5, 5.41) is 12.3. The van der Waals surface area contributed by atoms with E-state index in [4.69, 9.17) is 4.74 Å². The van der Waals surface area contributed by atoms with E-state index >= 15 is 0 Å². The van der Waals surface area contributed by atoms with Crippen molar-refractivity contribution >= 4 is 32.7 Å². The maximum Gasteiger partial charge on any atom is 0.266 e. The molecule has 0 aliphatic rings. The summed E-state index contributed by atoms with van der Waals surface area (Å²) < 4.78 is 32.0. The van der Waals surface area contributed by atoms with Gasteiger partial charge in [0.05, 0.1) is 16.1 Å². The van der Waals surface area contributed by atoms with Crippen LogP contribution in [0.15, 0.2) is 71.0 Å². The first-order valence-corrected chi connectivity index (χ1v) is 15.1. The number of unbranched alkanes of at least 4 members (excludes halogenated alkanes) is 7. The molecule has 0 fully saturated rings. The zero-order chi connectivity index (χ0) is 28.4. The number of ether oxygens (including phenoxy) is 1. The average molecular weight is 566 g/mol. The van der Waals surface area contributed by atoms with Crippen LogP contribution in [0.2, 0.25) is 0 Å². The fourth-order valence-electron chi connectivity index (χ4n) is 4.39. The van der Waals surface area contributed by atoms with Crippen molar-refractivity contribution in [1.29, 1.82) is 0 Å². The fourth-order valence-corrected chi connectivity index (χ4v) is 5.65. The van der Waals surface area contributed by atoms with Crippen molar-refractivity contribution in [1.82, 2.24) is 19.9 Å². The molecule has 212 valence electrons. The maximum atomic E-state index is 13.3. The highest BCUT2D eigenvalue weighted by atomic mass is 32.2. The molecule has 0 saturated heterocycles. The summed E-state index contributed by atoms with van der Waals surface area (Å²) in [5.41, 5.74) is 0.960. The lowest BCUT2D eigenvalue weighted by molar-refractivity contribution is -0.123. The van der Waals surface area contributed by atoms with Crippen LogP contribution < -0.4 is 10.1 Å². The van der Waals surface area contributed by atoms with Crippen LogP contribution in [0, 0.1) is 0 Å². The third kappa shape index (κ3) is 7.56. The molecule has 11 heteroatoms. The first-order valence-electron chi connectivity index (χ1n) is 13.6. The number of imidazole rings is 1. The number of anilines is 1. The number of rotatable bonds is 15. The molecule has 10 nitrogen and oxygen atoms in total. The minimum Gasteiger partial charge on any atom is -0.508 e. The van der Waals surface area contributed by atoms with E-state index in [0.717, 1.165) is 19.3 Å². The molecular formula is C29H35N5O5S. The van der Waals surface area contributed by atoms with Gasteiger partial charge in [-0.3, -0.25) is 4.79 Å². The second kappa shape index (κ2) is 13.9. The molecule has 1 amide bonds. The van der Waals surface area contributed by atoms with Crippen LogP contribution in [-0.2, 0) is 14.6 Å². The number of benzene rings is 2. The number of aromatic amines is 1. The number of aromatic hydroxyl groups is 1. The summed E-state index contributed by atoms with van der Waals surface area (Å²) in [6.45, 7) is 2.20. The zero-order valence-electron chi connectivity index (χ0n) is 22.5. The lowest BCUT2D eigenvalue weighted by Crippen LogP contribution is -2.33. The Morgan fingerprint density at radius 2 is 1.52 bits per heavy atom. The van der Waals surface area contributed by atoms with Gasteiger partial charge in [-0.15, -0.1) is 0 Å². The SMILES string of the molecule is CCCCCCCCCCC(Oc1ccc(S(=O)(=O)c2ccc(O)cc2)cc1)C(=O)Nc1ncnc2nc[nH]c12. The molecule has 0 bridgehead atoms. The normalized spacial score (nSPS) is 12.3. The van der Waals surface area contributed by atoms with Gasteiger partial charge in [0.15, 0.2) is 17.6 Å². The van der Waals surface area contributed by atoms with Gasteiger partial charge in [-0.05, 0) is 61.4 Å². The number of hydrogen-bond acceptors (Lipinski definition) is 8. The summed E-state index contributed by atoms with van der Waals surface area (Å²) in [6.07, 6.45) is 11.5. The highest BCUT2D eigenvalue weighted by Crippen LogP contribution is 2.26. The number of carbonyl (C=O) groups is 1. The Bertz CT molecular complexity index is 1490. The van der Waals surface area contributed by atoms with Crippen LogP contribution in [-0.4, -0.2) is 45.5 Å². The molecule has 1 unspecified atom stereocenters. The van der Waals surface area contributed by atoms with E-state index in [9.17, 15) is 18.3 Å². The molecule has 0 spiro atoms. The summed E-state index contributed by atoms with van der Waals surface area (Å²) in [4.78, 5) is 28.7. The number of amides is 1. The van der Waals surface area contributed by atoms with E-state index in [2.05, 4.69) is 32.2 Å². The number of H-pyrrole nitrogens is 1. The van der Waals surface area contributed by atoms with Gasteiger partial charge in [0.25, 0.3) is 5.91 Å². The minimum atomic E-state index is -3.77. The summed E-state index contributed by atoms with van der Waals surface area (Å²) in [5.74, 6) is 0.309. The van der Waals surface area contributed by atoms with Crippen LogP contribution in [0.25, 0.3) is 11.2 Å². The van der Waals surface area contributed by atoms with Gasteiger partial charge in [-0.25, -0.2) is 23.4 Å². The number of aromatic nitrogens is 4. The molecular weight excluding hydrogens is 530 g/mol. The summed E-state index contributed by atoms with van der Waals surface area (Å²) in [7, 11) is -3.77. The van der Waals surface area contributed by atoms with Crippen molar-refractivity contribution in [3.05, 3.63) is 61.2 Å². The first kappa shape index (κ1) is 29.0. The van der Waals surface area contributed by atoms with Crippen molar-refractivity contribution < 1.29 is 23.1 Å². The Labute approximate surface area is 234 Å². The van der Waals surface area contributed by atoms with E-state index in [1.54, 1.807) is 12.1 Å². The number of hydrogen-bond donors (Lipinski definition) is 3. The van der Waals surface area contributed by atoms with Crippen LogP contribution in [0.3, 0.4) is 0 Å². The first-order chi connectivity index (χ1) is 19.4. The number of nitrogens with zero attached hydrogens (tertiary/aromatic N) is 3. The van der Waals surface area contributed by atoms with Gasteiger partial charge in [-0.1, -0.05) is 51.9 Å². The second-order valence-corrected chi connectivity index (χ2v) is 11.6. The van der Waals surface area contributed by atoms with E-state index in [0.29, 0.717) is 29.2 Å². The van der Waals surface area contributed by atoms with E-state index in [1.807, 2.05) is 0 Å². The standard InChI is InChI=1S/C29H35N5O5S/c1-2-3-4-5-6-7-8-9-10-25(29(36)34-28-26-27(31-19-30-26)32-20-33-28)39-22-13-17-24(18-14-22)40(37,38)23-15-11-21(35)12-16-23/h11-20,25,35H,2-10H2,1H3,(H2,30,31,32,33,34,36). The molecule has 0 aliphatic heterocycles. The topological polar surface area (TPSA) is 147 Å². The minimum absolute atomic E-state index is 0.0151. The lowest BCUT2D eigenvalue weighted by Gasteiger charge is -2.19. The number of phenolic OH excluding ortho intramolecular Hbond substituents is 1. The molecule has 3 N–H and O–H groups in total. The molecule has 0 aliphatic carbocycles. The number of carbonyl (C=O) groups excluding carboxylic acids is 1. The Kier molecular flexibility index (Phi) is 10.1. The quantitative estimate of drug-likeness (QED) is 0.153. The Hall–Kier alpha value is -3.99. The summed E-state index contributed by atoms with van der Waals surface area (Å²) in [6, 6.07) is 11.3. The molecule has 0 saturated carbocycles. The molecule has 1 atom stereocenters. The van der Waals surface area contributed by atoms with Crippen LogP contribution in [0.5, 0.6) is 11.5 Å². The predicted octanol–water partition coefficient (Wildman–Crippen LogP) is 5.81. The monoisotopic (exact) mass is 565 g/mol. The second-order valence-electron chi connectivity index (χ2n) is 9.65. The van der Waals surface area contributed by atoms with E-state index < -0.39 is 15.9 Å². The predicted molar refractivity (Wildman–Crippen MR) is 152 cm³/mol. The Balaban J connectivity index is 1.44. The molecule has 40 heavy (non-hydrogen) atoms. The van der Waals surface area contributed by atoms with Crippen molar-refractivity contribution in [3.8, 4) is 11.5 Å². The van der Waals surface area contributed by atoms with Crippen LogP contribution >= 0.6 is 0 Å². The zero-order valence-corrected chi connectivity index (χ0v) is 23.4. The average Bonchev–Trinajstić information content (AvgIpc) is 3.44. The van der Waals surface area contributed by atoms with Crippen molar-refractivity contribution in [3.63, 3.8) is 0 Å². The van der Waals surface area contributed by atoms with Gasteiger partial charge in [0.2, 0.25) is 9.84 Å². The van der Waals surface area contributed by atoms with Crippen molar-refractivity contribution in [2.45, 2.75) is 80.6 Å². The molecule has 4 aromatic rings. The molecule has 0 radical (unpaired) electrons. The highest BCUT2D eigenvalue weighted by Gasteiger charge is 2.23. The van der Waals surface area contributed by atoms with E-state index in [-0.39, 0.29) is 21.4 Å². The Morgan fingerprint density at radius 3 is 2.20 bits per heavy atom. The van der Waals surface area contributed by atoms with Crippen LogP contribution in [0.1, 0.15) is 64.7 Å². The molecule has 2 heterocycles. The largest absolute Gasteiger partial charge is 0.508 e. The van der Waals surface area contributed by atoms with Crippen molar-refractivity contribution in [2.75, 3.05) is 5.32 Å². The van der Waals surface area contributed by atoms with Crippen LogP contribution in [0.4, 0.5) is 5.82 Å². The van der Waals surface area contributed by atoms with Gasteiger partial charge < -0.3 is 20.1 Å². The van der Waals surface area contributed by atoms with Crippen molar-refractivity contribution in [2.24, 2.45) is 0 Å². The maximum absolute atomic E-state index is 13.3. The third-order valence-corrected chi connectivity index (χ3v) is 8.42. The Morgan fingerprint density at radius 1 is 0.900 bits per heavy atom. The number of nitrogens with one attached hydrogen (secondary N) is 2. The fraction of sp³-hybridized carbons (Fsp3) is 0.379. The highest BCUT2D eigenvalue weighted by molar-refractivity contribution is 7.91. The summed E-state index contributed by atoms with van der Waals surface area (Å²) >= 11 is 0. The van der Waals surface area contributed by atoms with Gasteiger partial charge in [-0.2, -0.15) is 0 Å². The van der Waals surface area contributed by atoms with Gasteiger partial charge in [0, 0.05) is 0 Å². The molecule has 4 rings (SSSR count). The molecule has 2 aromatic heterocycles.